The van der Waals surface area contributed by atoms with Gasteiger partial charge in [0.1, 0.15) is 0 Å². The third kappa shape index (κ3) is 2.14. The molecule has 1 aliphatic heterocycles. The average molecular weight is 327 g/mol. The van der Waals surface area contributed by atoms with Gasteiger partial charge in [0.25, 0.3) is 0 Å². The number of ether oxygens (including phenoxy) is 1. The summed E-state index contributed by atoms with van der Waals surface area (Å²) >= 11 is 1.65. The molecule has 23 heavy (non-hydrogen) atoms. The highest BCUT2D eigenvalue weighted by atomic mass is 32.1. The molecule has 3 nitrogen and oxygen atoms in total. The fourth-order valence-corrected chi connectivity index (χ4v) is 6.52. The molecule has 4 aliphatic carbocycles. The van der Waals surface area contributed by atoms with E-state index in [0.29, 0.717) is 5.70 Å². The first-order valence-corrected chi connectivity index (χ1v) is 9.56. The summed E-state index contributed by atoms with van der Waals surface area (Å²) in [7, 11) is 0. The van der Waals surface area contributed by atoms with Crippen LogP contribution in [0.3, 0.4) is 0 Å². The maximum Gasteiger partial charge on any atom is 0.363 e. The second-order valence-electron chi connectivity index (χ2n) is 8.00. The molecule has 2 heterocycles. The summed E-state index contributed by atoms with van der Waals surface area (Å²) in [5.41, 5.74) is 1.74. The lowest BCUT2D eigenvalue weighted by Crippen LogP contribution is -2.50. The number of hydrogen-bond acceptors (Lipinski definition) is 4. The van der Waals surface area contributed by atoms with Gasteiger partial charge in [-0.3, -0.25) is 0 Å². The van der Waals surface area contributed by atoms with Crippen LogP contribution in [0.25, 0.3) is 6.08 Å². The van der Waals surface area contributed by atoms with Crippen molar-refractivity contribution in [3.8, 4) is 0 Å². The van der Waals surface area contributed by atoms with E-state index in [-0.39, 0.29) is 11.4 Å². The Labute approximate surface area is 140 Å². The summed E-state index contributed by atoms with van der Waals surface area (Å²) in [6.45, 7) is 2.06. The third-order valence-corrected chi connectivity index (χ3v) is 7.25. The molecule has 0 spiro atoms. The quantitative estimate of drug-likeness (QED) is 0.589. The first-order chi connectivity index (χ1) is 11.1. The van der Waals surface area contributed by atoms with E-state index in [1.807, 2.05) is 11.5 Å². The number of nitrogens with zero attached hydrogens (tertiary/aromatic N) is 1. The van der Waals surface area contributed by atoms with E-state index in [0.717, 1.165) is 28.5 Å². The van der Waals surface area contributed by atoms with Crippen LogP contribution in [0.2, 0.25) is 0 Å². The van der Waals surface area contributed by atoms with Crippen LogP contribution < -0.4 is 0 Å². The summed E-state index contributed by atoms with van der Waals surface area (Å²) in [6.07, 6.45) is 9.59. The molecule has 0 amide bonds. The molecule has 0 radical (unpaired) electrons. The Morgan fingerprint density at radius 2 is 1.87 bits per heavy atom. The van der Waals surface area contributed by atoms with Crippen LogP contribution in [0, 0.1) is 30.1 Å². The van der Waals surface area contributed by atoms with E-state index >= 15 is 0 Å². The number of aliphatic imine (C=N–C) groups is 1. The van der Waals surface area contributed by atoms with Gasteiger partial charge in [-0.25, -0.2) is 9.79 Å². The zero-order valence-electron chi connectivity index (χ0n) is 13.4. The first-order valence-electron chi connectivity index (χ1n) is 8.68. The lowest BCUT2D eigenvalue weighted by Gasteiger charge is -2.55. The summed E-state index contributed by atoms with van der Waals surface area (Å²) < 4.78 is 5.69. The van der Waals surface area contributed by atoms with E-state index in [9.17, 15) is 4.79 Å². The van der Waals surface area contributed by atoms with Crippen molar-refractivity contribution in [3.63, 3.8) is 0 Å². The molecule has 4 bridgehead atoms. The molecule has 6 rings (SSSR count). The second-order valence-corrected chi connectivity index (χ2v) is 8.95. The minimum atomic E-state index is -0.261. The monoisotopic (exact) mass is 327 g/mol. The van der Waals surface area contributed by atoms with E-state index in [4.69, 9.17) is 4.74 Å². The molecule has 0 aromatic carbocycles. The fourth-order valence-electron chi connectivity index (χ4n) is 5.67. The summed E-state index contributed by atoms with van der Waals surface area (Å²) in [5, 5.41) is 2.05. The third-order valence-electron chi connectivity index (χ3n) is 6.28. The summed E-state index contributed by atoms with van der Waals surface area (Å²) in [5.74, 6) is 2.96. The molecule has 1 aromatic rings. The number of aryl methyl sites for hydroxylation is 1. The van der Waals surface area contributed by atoms with Crippen LogP contribution in [-0.2, 0) is 9.53 Å². The second kappa shape index (κ2) is 4.79. The average Bonchev–Trinajstić information content (AvgIpc) is 3.06. The smallest absolute Gasteiger partial charge is 0.363 e. The van der Waals surface area contributed by atoms with E-state index in [2.05, 4.69) is 18.0 Å². The Bertz CT molecular complexity index is 707. The van der Waals surface area contributed by atoms with Gasteiger partial charge in [0.2, 0.25) is 5.90 Å². The van der Waals surface area contributed by atoms with Crippen molar-refractivity contribution < 1.29 is 9.53 Å². The topological polar surface area (TPSA) is 38.7 Å². The molecule has 1 aromatic heterocycles. The van der Waals surface area contributed by atoms with Crippen LogP contribution in [-0.4, -0.2) is 11.9 Å². The fraction of sp³-hybridized carbons (Fsp3) is 0.579. The Kier molecular flexibility index (Phi) is 2.91. The van der Waals surface area contributed by atoms with Crippen molar-refractivity contribution in [2.45, 2.75) is 45.4 Å². The standard InChI is InChI=1S/C19H21NO2S/c1-11-2-3-23-16(11)7-15-17(21)22-18(20-15)19-8-12-4-13(9-19)6-14(5-12)10-19/h2-3,7,12-14H,4-6,8-10H2,1H3/b15-7-. The molecule has 5 aliphatic rings. The van der Waals surface area contributed by atoms with Gasteiger partial charge in [0.05, 0.1) is 0 Å². The number of hydrogen-bond donors (Lipinski definition) is 0. The van der Waals surface area contributed by atoms with Gasteiger partial charge in [0.15, 0.2) is 5.70 Å². The Balaban J connectivity index is 1.50. The number of carbonyl (C=O) groups excluding carboxylic acids is 1. The maximum atomic E-state index is 12.3. The lowest BCUT2D eigenvalue weighted by atomic mass is 9.49. The molecule has 0 N–H and O–H groups in total. The highest BCUT2D eigenvalue weighted by Crippen LogP contribution is 2.61. The van der Waals surface area contributed by atoms with Crippen molar-refractivity contribution in [1.29, 1.82) is 0 Å². The molecule has 0 atom stereocenters. The van der Waals surface area contributed by atoms with Crippen LogP contribution in [0.4, 0.5) is 0 Å². The zero-order chi connectivity index (χ0) is 15.6. The Hall–Kier alpha value is -1.42. The molecular weight excluding hydrogens is 306 g/mol. The molecule has 0 unspecified atom stereocenters. The van der Waals surface area contributed by atoms with Crippen LogP contribution in [0.5, 0.6) is 0 Å². The van der Waals surface area contributed by atoms with E-state index < -0.39 is 0 Å². The summed E-state index contributed by atoms with van der Waals surface area (Å²) in [4.78, 5) is 18.1. The Morgan fingerprint density at radius 3 is 2.43 bits per heavy atom. The zero-order valence-corrected chi connectivity index (χ0v) is 14.2. The Morgan fingerprint density at radius 1 is 1.22 bits per heavy atom. The number of esters is 1. The van der Waals surface area contributed by atoms with Gasteiger partial charge in [-0.1, -0.05) is 0 Å². The minimum Gasteiger partial charge on any atom is -0.406 e. The predicted octanol–water partition coefficient (Wildman–Crippen LogP) is 4.57. The minimum absolute atomic E-state index is 0.0600. The van der Waals surface area contributed by atoms with E-state index in [1.165, 1.54) is 44.1 Å². The maximum absolute atomic E-state index is 12.3. The number of carbonyl (C=O) groups is 1. The molecule has 4 fully saturated rings. The first kappa shape index (κ1) is 14.0. The van der Waals surface area contributed by atoms with Gasteiger partial charge >= 0.3 is 5.97 Å². The highest BCUT2D eigenvalue weighted by molar-refractivity contribution is 7.11. The molecule has 0 saturated heterocycles. The van der Waals surface area contributed by atoms with Crippen LogP contribution in [0.15, 0.2) is 22.1 Å². The van der Waals surface area contributed by atoms with Crippen LogP contribution >= 0.6 is 11.3 Å². The summed E-state index contributed by atoms with van der Waals surface area (Å²) in [6, 6.07) is 2.07. The van der Waals surface area contributed by atoms with Crippen molar-refractivity contribution in [3.05, 3.63) is 27.6 Å². The molecular formula is C19H21NO2S. The van der Waals surface area contributed by atoms with Gasteiger partial charge in [-0.2, -0.15) is 0 Å². The van der Waals surface area contributed by atoms with Crippen LogP contribution in [0.1, 0.15) is 49.0 Å². The molecule has 4 heteroatoms. The predicted molar refractivity (Wildman–Crippen MR) is 91.2 cm³/mol. The molecule has 4 saturated carbocycles. The largest absolute Gasteiger partial charge is 0.406 e. The van der Waals surface area contributed by atoms with Gasteiger partial charge < -0.3 is 4.74 Å². The van der Waals surface area contributed by atoms with Gasteiger partial charge in [0, 0.05) is 10.3 Å². The number of thiophene rings is 1. The number of cyclic esters (lactones) is 1. The van der Waals surface area contributed by atoms with Gasteiger partial charge in [-0.15, -0.1) is 11.3 Å². The van der Waals surface area contributed by atoms with E-state index in [1.54, 1.807) is 11.3 Å². The molecule has 120 valence electrons. The number of rotatable bonds is 2. The van der Waals surface area contributed by atoms with Gasteiger partial charge in [-0.05, 0) is 86.3 Å². The highest BCUT2D eigenvalue weighted by Gasteiger charge is 2.55. The van der Waals surface area contributed by atoms with Crippen molar-refractivity contribution >= 4 is 29.3 Å². The van der Waals surface area contributed by atoms with Crippen molar-refractivity contribution in [2.75, 3.05) is 0 Å². The van der Waals surface area contributed by atoms with Crippen molar-refractivity contribution in [2.24, 2.45) is 28.2 Å². The van der Waals surface area contributed by atoms with Crippen molar-refractivity contribution in [1.82, 2.24) is 0 Å². The normalized spacial score (nSPS) is 39.9. The SMILES string of the molecule is Cc1ccsc1/C=C1\N=C(C23CC4CC(CC(C4)C2)C3)OC1=O. The lowest BCUT2D eigenvalue weighted by molar-refractivity contribution is -0.131.